The molecule has 0 saturated carbocycles. The lowest BCUT2D eigenvalue weighted by Gasteiger charge is -2.10. The number of carbonyl (C=O) groups is 1. The van der Waals surface area contributed by atoms with Crippen molar-refractivity contribution in [3.05, 3.63) is 0 Å². The molecule has 0 aromatic heterocycles. The van der Waals surface area contributed by atoms with Crippen LogP contribution < -0.4 is 0 Å². The number of hydrogen-bond acceptors (Lipinski definition) is 2. The smallest absolute Gasteiger partial charge is 0.184 e. The van der Waals surface area contributed by atoms with Crippen LogP contribution in [0.15, 0.2) is 0 Å². The van der Waals surface area contributed by atoms with Crippen LogP contribution in [-0.2, 0) is 9.53 Å². The van der Waals surface area contributed by atoms with E-state index in [0.717, 1.165) is 6.42 Å². The van der Waals surface area contributed by atoms with Gasteiger partial charge in [-0.15, -0.1) is 0 Å². The van der Waals surface area contributed by atoms with Crippen LogP contribution in [0.1, 0.15) is 19.8 Å². The second-order valence-corrected chi connectivity index (χ2v) is 2.56. The quantitative estimate of drug-likeness (QED) is 0.583. The molecule has 0 aromatic carbocycles. The zero-order valence-electron chi connectivity index (χ0n) is 5.97. The molecule has 0 radical (unpaired) electrons. The lowest BCUT2D eigenvalue weighted by atomic mass is 10.1. The van der Waals surface area contributed by atoms with Crippen LogP contribution in [0.3, 0.4) is 0 Å². The molecule has 0 amide bonds. The van der Waals surface area contributed by atoms with E-state index in [9.17, 15) is 9.18 Å². The maximum atomic E-state index is 12.8. The SMILES string of the molecule is CC(=O)C(F)C1CCCO1. The van der Waals surface area contributed by atoms with Crippen molar-refractivity contribution in [2.24, 2.45) is 0 Å². The molecule has 0 aliphatic carbocycles. The Kier molecular flexibility index (Phi) is 2.38. The van der Waals surface area contributed by atoms with E-state index in [0.29, 0.717) is 13.0 Å². The monoisotopic (exact) mass is 146 g/mol. The summed E-state index contributed by atoms with van der Waals surface area (Å²) in [6.45, 7) is 1.85. The number of halogens is 1. The molecule has 0 bridgehead atoms. The van der Waals surface area contributed by atoms with Gasteiger partial charge in [0.25, 0.3) is 0 Å². The Morgan fingerprint density at radius 3 is 2.90 bits per heavy atom. The van der Waals surface area contributed by atoms with Crippen molar-refractivity contribution < 1.29 is 13.9 Å². The third-order valence-corrected chi connectivity index (χ3v) is 1.68. The van der Waals surface area contributed by atoms with Gasteiger partial charge in [-0.1, -0.05) is 0 Å². The van der Waals surface area contributed by atoms with E-state index in [4.69, 9.17) is 4.74 Å². The molecule has 2 nitrogen and oxygen atoms in total. The van der Waals surface area contributed by atoms with Gasteiger partial charge in [0.05, 0.1) is 6.10 Å². The van der Waals surface area contributed by atoms with Crippen LogP contribution in [0.5, 0.6) is 0 Å². The first kappa shape index (κ1) is 7.66. The van der Waals surface area contributed by atoms with Gasteiger partial charge in [0.15, 0.2) is 12.0 Å². The molecule has 2 unspecified atom stereocenters. The molecule has 1 rings (SSSR count). The lowest BCUT2D eigenvalue weighted by Crippen LogP contribution is -2.27. The molecular formula is C7H11FO2. The van der Waals surface area contributed by atoms with Gasteiger partial charge in [0.1, 0.15) is 0 Å². The van der Waals surface area contributed by atoms with Crippen LogP contribution in [0.4, 0.5) is 4.39 Å². The van der Waals surface area contributed by atoms with Crippen molar-refractivity contribution in [1.82, 2.24) is 0 Å². The molecule has 1 aliphatic heterocycles. The average molecular weight is 146 g/mol. The van der Waals surface area contributed by atoms with Gasteiger partial charge in [-0.05, 0) is 19.8 Å². The van der Waals surface area contributed by atoms with E-state index in [2.05, 4.69) is 0 Å². The molecule has 0 aromatic rings. The van der Waals surface area contributed by atoms with Crippen LogP contribution in [-0.4, -0.2) is 24.7 Å². The predicted molar refractivity (Wildman–Crippen MR) is 34.6 cm³/mol. The highest BCUT2D eigenvalue weighted by Gasteiger charge is 2.28. The Hall–Kier alpha value is -0.440. The summed E-state index contributed by atoms with van der Waals surface area (Å²) < 4.78 is 17.7. The zero-order chi connectivity index (χ0) is 7.56. The Bertz CT molecular complexity index is 130. The lowest BCUT2D eigenvalue weighted by molar-refractivity contribution is -0.125. The van der Waals surface area contributed by atoms with E-state index in [1.165, 1.54) is 6.92 Å². The Labute approximate surface area is 59.4 Å². The third kappa shape index (κ3) is 1.53. The molecule has 10 heavy (non-hydrogen) atoms. The van der Waals surface area contributed by atoms with Crippen LogP contribution >= 0.6 is 0 Å². The van der Waals surface area contributed by atoms with E-state index in [1.54, 1.807) is 0 Å². The maximum Gasteiger partial charge on any atom is 0.184 e. The highest BCUT2D eigenvalue weighted by atomic mass is 19.1. The highest BCUT2D eigenvalue weighted by Crippen LogP contribution is 2.18. The predicted octanol–water partition coefficient (Wildman–Crippen LogP) is 1.09. The largest absolute Gasteiger partial charge is 0.375 e. The Balaban J connectivity index is 2.39. The summed E-state index contributed by atoms with van der Waals surface area (Å²) >= 11 is 0. The van der Waals surface area contributed by atoms with E-state index < -0.39 is 18.1 Å². The summed E-state index contributed by atoms with van der Waals surface area (Å²) in [6, 6.07) is 0. The molecule has 1 saturated heterocycles. The molecule has 3 heteroatoms. The first-order chi connectivity index (χ1) is 4.72. The van der Waals surface area contributed by atoms with Crippen molar-refractivity contribution in [3.63, 3.8) is 0 Å². The highest BCUT2D eigenvalue weighted by molar-refractivity contribution is 5.80. The minimum Gasteiger partial charge on any atom is -0.375 e. The molecule has 0 spiro atoms. The number of Topliss-reactive ketones (excluding diaryl/α,β-unsaturated/α-hetero) is 1. The van der Waals surface area contributed by atoms with Gasteiger partial charge < -0.3 is 4.74 Å². The number of ketones is 1. The first-order valence-electron chi connectivity index (χ1n) is 3.48. The van der Waals surface area contributed by atoms with Crippen molar-refractivity contribution >= 4 is 5.78 Å². The number of hydrogen-bond donors (Lipinski definition) is 0. The fraction of sp³-hybridized carbons (Fsp3) is 0.857. The Morgan fingerprint density at radius 1 is 1.80 bits per heavy atom. The minimum absolute atomic E-state index is 0.424. The normalized spacial score (nSPS) is 28.4. The summed E-state index contributed by atoms with van der Waals surface area (Å²) in [5.74, 6) is -0.424. The van der Waals surface area contributed by atoms with Crippen molar-refractivity contribution in [1.29, 1.82) is 0 Å². The van der Waals surface area contributed by atoms with Crippen molar-refractivity contribution in [2.75, 3.05) is 6.61 Å². The number of rotatable bonds is 2. The molecular weight excluding hydrogens is 135 g/mol. The topological polar surface area (TPSA) is 26.3 Å². The van der Waals surface area contributed by atoms with Gasteiger partial charge in [-0.3, -0.25) is 4.79 Å². The van der Waals surface area contributed by atoms with E-state index in [1.807, 2.05) is 0 Å². The fourth-order valence-corrected chi connectivity index (χ4v) is 1.10. The Morgan fingerprint density at radius 2 is 2.50 bits per heavy atom. The van der Waals surface area contributed by atoms with Gasteiger partial charge in [-0.25, -0.2) is 4.39 Å². The standard InChI is InChI=1S/C7H11FO2/c1-5(9)7(8)6-3-2-4-10-6/h6-7H,2-4H2,1H3. The number of ether oxygens (including phenoxy) is 1. The molecule has 58 valence electrons. The first-order valence-corrected chi connectivity index (χ1v) is 3.48. The van der Waals surface area contributed by atoms with Crippen molar-refractivity contribution in [3.8, 4) is 0 Å². The van der Waals surface area contributed by atoms with Crippen LogP contribution in [0.25, 0.3) is 0 Å². The molecule has 0 N–H and O–H groups in total. The number of carbonyl (C=O) groups excluding carboxylic acids is 1. The van der Waals surface area contributed by atoms with Gasteiger partial charge in [-0.2, -0.15) is 0 Å². The average Bonchev–Trinajstić information content (AvgIpc) is 2.36. The van der Waals surface area contributed by atoms with Gasteiger partial charge >= 0.3 is 0 Å². The van der Waals surface area contributed by atoms with E-state index in [-0.39, 0.29) is 0 Å². The molecule has 2 atom stereocenters. The zero-order valence-corrected chi connectivity index (χ0v) is 5.97. The van der Waals surface area contributed by atoms with Crippen LogP contribution in [0, 0.1) is 0 Å². The summed E-state index contributed by atoms with van der Waals surface area (Å²) in [5, 5.41) is 0. The fourth-order valence-electron chi connectivity index (χ4n) is 1.10. The van der Waals surface area contributed by atoms with Gasteiger partial charge in [0.2, 0.25) is 0 Å². The second kappa shape index (κ2) is 3.10. The summed E-state index contributed by atoms with van der Waals surface area (Å²) in [4.78, 5) is 10.5. The minimum atomic E-state index is -1.40. The summed E-state index contributed by atoms with van der Waals surface area (Å²) in [5.41, 5.74) is 0. The molecule has 1 aliphatic rings. The van der Waals surface area contributed by atoms with Gasteiger partial charge in [0, 0.05) is 6.61 Å². The molecule has 1 heterocycles. The van der Waals surface area contributed by atoms with Crippen LogP contribution in [0.2, 0.25) is 0 Å². The summed E-state index contributed by atoms with van der Waals surface area (Å²) in [7, 11) is 0. The number of alkyl halides is 1. The van der Waals surface area contributed by atoms with Crippen molar-refractivity contribution in [2.45, 2.75) is 32.0 Å². The second-order valence-electron chi connectivity index (χ2n) is 2.56. The maximum absolute atomic E-state index is 12.8. The van der Waals surface area contributed by atoms with E-state index >= 15 is 0 Å². The molecule has 1 fully saturated rings. The third-order valence-electron chi connectivity index (χ3n) is 1.68. The summed E-state index contributed by atoms with van der Waals surface area (Å²) in [6.07, 6.45) is -0.306.